The van der Waals surface area contributed by atoms with Gasteiger partial charge in [0.25, 0.3) is 0 Å². The Balaban J connectivity index is 1.62. The maximum absolute atomic E-state index is 5.39. The number of hydrogen-bond donors (Lipinski definition) is 2. The molecule has 1 aromatic heterocycles. The first-order valence-corrected chi connectivity index (χ1v) is 8.24. The molecule has 24 heavy (non-hydrogen) atoms. The van der Waals surface area contributed by atoms with Crippen molar-refractivity contribution in [2.75, 3.05) is 10.6 Å². The van der Waals surface area contributed by atoms with Gasteiger partial charge >= 0.3 is 0 Å². The zero-order chi connectivity index (χ0) is 16.9. The van der Waals surface area contributed by atoms with E-state index in [1.54, 1.807) is 0 Å². The molecule has 0 saturated heterocycles. The fourth-order valence-electron chi connectivity index (χ4n) is 2.44. The topological polar surface area (TPSA) is 41.9 Å². The summed E-state index contributed by atoms with van der Waals surface area (Å²) < 4.78 is 1.89. The third-order valence-electron chi connectivity index (χ3n) is 3.92. The second-order valence-corrected chi connectivity index (χ2v) is 6.12. The SMILES string of the molecule is Cc1cccc(NC(=S)Nc2ccn(Cc3ccccc3)n2)c1C. The Hall–Kier alpha value is -2.66. The van der Waals surface area contributed by atoms with Crippen LogP contribution < -0.4 is 10.6 Å². The zero-order valence-corrected chi connectivity index (χ0v) is 14.6. The van der Waals surface area contributed by atoms with Gasteiger partial charge in [0.15, 0.2) is 10.9 Å². The van der Waals surface area contributed by atoms with Crippen LogP contribution in [-0.4, -0.2) is 14.9 Å². The fourth-order valence-corrected chi connectivity index (χ4v) is 2.66. The van der Waals surface area contributed by atoms with Crippen molar-refractivity contribution < 1.29 is 0 Å². The van der Waals surface area contributed by atoms with Crippen molar-refractivity contribution in [3.63, 3.8) is 0 Å². The second kappa shape index (κ2) is 7.27. The van der Waals surface area contributed by atoms with E-state index < -0.39 is 0 Å². The highest BCUT2D eigenvalue weighted by molar-refractivity contribution is 7.80. The van der Waals surface area contributed by atoms with Gasteiger partial charge in [-0.3, -0.25) is 4.68 Å². The van der Waals surface area contributed by atoms with Crippen molar-refractivity contribution in [1.29, 1.82) is 0 Å². The average Bonchev–Trinajstić information content (AvgIpc) is 2.99. The van der Waals surface area contributed by atoms with Gasteiger partial charge in [-0.05, 0) is 48.8 Å². The third-order valence-corrected chi connectivity index (χ3v) is 4.13. The number of nitrogens with one attached hydrogen (secondary N) is 2. The molecule has 4 nitrogen and oxygen atoms in total. The molecule has 1 heterocycles. The molecule has 0 aliphatic carbocycles. The molecule has 0 bridgehead atoms. The first kappa shape index (κ1) is 16.2. The molecule has 122 valence electrons. The number of aryl methyl sites for hydroxylation is 1. The predicted octanol–water partition coefficient (Wildman–Crippen LogP) is 4.36. The fraction of sp³-hybridized carbons (Fsp3) is 0.158. The molecule has 0 fully saturated rings. The molecule has 0 unspecified atom stereocenters. The van der Waals surface area contributed by atoms with Gasteiger partial charge in [0.05, 0.1) is 6.54 Å². The monoisotopic (exact) mass is 336 g/mol. The minimum absolute atomic E-state index is 0.536. The van der Waals surface area contributed by atoms with Gasteiger partial charge in [-0.1, -0.05) is 42.5 Å². The highest BCUT2D eigenvalue weighted by Gasteiger charge is 2.05. The standard InChI is InChI=1S/C19H20N4S/c1-14-7-6-10-17(15(14)2)20-19(24)21-18-11-12-23(22-18)13-16-8-4-3-5-9-16/h3-12H,13H2,1-2H3,(H2,20,21,22,24). The van der Waals surface area contributed by atoms with Gasteiger partial charge in [0.2, 0.25) is 0 Å². The Bertz CT molecular complexity index is 840. The number of rotatable bonds is 4. The molecule has 2 aromatic carbocycles. The largest absolute Gasteiger partial charge is 0.332 e. The molecule has 0 radical (unpaired) electrons. The van der Waals surface area contributed by atoms with Crippen LogP contribution in [0.5, 0.6) is 0 Å². The molecule has 2 N–H and O–H groups in total. The van der Waals surface area contributed by atoms with Crippen LogP contribution in [0.4, 0.5) is 11.5 Å². The predicted molar refractivity (Wildman–Crippen MR) is 104 cm³/mol. The van der Waals surface area contributed by atoms with E-state index in [9.17, 15) is 0 Å². The molecule has 0 amide bonds. The molecule has 0 saturated carbocycles. The number of thiocarbonyl (C=S) groups is 1. The first-order chi connectivity index (χ1) is 11.6. The van der Waals surface area contributed by atoms with E-state index in [1.807, 2.05) is 47.3 Å². The van der Waals surface area contributed by atoms with Gasteiger partial charge in [-0.2, -0.15) is 5.10 Å². The zero-order valence-electron chi connectivity index (χ0n) is 13.8. The molecule has 0 atom stereocenters. The summed E-state index contributed by atoms with van der Waals surface area (Å²) in [6, 6.07) is 18.3. The maximum atomic E-state index is 5.39. The van der Waals surface area contributed by atoms with Gasteiger partial charge < -0.3 is 10.6 Å². The lowest BCUT2D eigenvalue weighted by molar-refractivity contribution is 0.690. The summed E-state index contributed by atoms with van der Waals surface area (Å²) in [6.07, 6.45) is 1.94. The van der Waals surface area contributed by atoms with Crippen molar-refractivity contribution in [2.24, 2.45) is 0 Å². The van der Waals surface area contributed by atoms with Crippen LogP contribution in [0.2, 0.25) is 0 Å². The molecule has 3 aromatic rings. The summed E-state index contributed by atoms with van der Waals surface area (Å²) in [4.78, 5) is 0. The number of anilines is 2. The van der Waals surface area contributed by atoms with Gasteiger partial charge in [0, 0.05) is 18.0 Å². The smallest absolute Gasteiger partial charge is 0.176 e. The van der Waals surface area contributed by atoms with Crippen LogP contribution in [0.25, 0.3) is 0 Å². The van der Waals surface area contributed by atoms with E-state index >= 15 is 0 Å². The molecule has 0 aliphatic rings. The highest BCUT2D eigenvalue weighted by Crippen LogP contribution is 2.18. The summed E-state index contributed by atoms with van der Waals surface area (Å²) in [5.74, 6) is 0.730. The summed E-state index contributed by atoms with van der Waals surface area (Å²) in [5, 5.41) is 11.4. The normalized spacial score (nSPS) is 10.4. The Kier molecular flexibility index (Phi) is 4.91. The molecular formula is C19H20N4S. The van der Waals surface area contributed by atoms with Crippen LogP contribution in [0.3, 0.4) is 0 Å². The Morgan fingerprint density at radius 1 is 1.00 bits per heavy atom. The lowest BCUT2D eigenvalue weighted by Crippen LogP contribution is -2.20. The third kappa shape index (κ3) is 4.00. The van der Waals surface area contributed by atoms with E-state index in [0.29, 0.717) is 5.11 Å². The number of nitrogens with zero attached hydrogens (tertiary/aromatic N) is 2. The summed E-state index contributed by atoms with van der Waals surface area (Å²) >= 11 is 5.39. The minimum atomic E-state index is 0.536. The second-order valence-electron chi connectivity index (χ2n) is 5.71. The summed E-state index contributed by atoms with van der Waals surface area (Å²) in [5.41, 5.74) is 4.64. The van der Waals surface area contributed by atoms with Gasteiger partial charge in [-0.15, -0.1) is 0 Å². The molecule has 3 rings (SSSR count). The minimum Gasteiger partial charge on any atom is -0.332 e. The first-order valence-electron chi connectivity index (χ1n) is 7.83. The number of benzene rings is 2. The Labute approximate surface area is 147 Å². The van der Waals surface area contributed by atoms with E-state index in [0.717, 1.165) is 18.1 Å². The van der Waals surface area contributed by atoms with Crippen LogP contribution in [-0.2, 0) is 6.54 Å². The Morgan fingerprint density at radius 2 is 1.79 bits per heavy atom. The quantitative estimate of drug-likeness (QED) is 0.695. The molecule has 0 spiro atoms. The van der Waals surface area contributed by atoms with Crippen molar-refractivity contribution in [1.82, 2.24) is 9.78 Å². The average molecular weight is 336 g/mol. The van der Waals surface area contributed by atoms with Gasteiger partial charge in [-0.25, -0.2) is 0 Å². The number of hydrogen-bond acceptors (Lipinski definition) is 2. The van der Waals surface area contributed by atoms with Crippen molar-refractivity contribution in [3.8, 4) is 0 Å². The van der Waals surface area contributed by atoms with E-state index in [1.165, 1.54) is 16.7 Å². The lowest BCUT2D eigenvalue weighted by atomic mass is 10.1. The molecule has 0 aliphatic heterocycles. The van der Waals surface area contributed by atoms with Crippen molar-refractivity contribution in [2.45, 2.75) is 20.4 Å². The van der Waals surface area contributed by atoms with Crippen LogP contribution in [0.15, 0.2) is 60.8 Å². The maximum Gasteiger partial charge on any atom is 0.176 e. The van der Waals surface area contributed by atoms with Crippen molar-refractivity contribution >= 4 is 28.8 Å². The van der Waals surface area contributed by atoms with Crippen molar-refractivity contribution in [3.05, 3.63) is 77.5 Å². The van der Waals surface area contributed by atoms with Crippen LogP contribution in [0.1, 0.15) is 16.7 Å². The molecular weight excluding hydrogens is 316 g/mol. The van der Waals surface area contributed by atoms with E-state index in [4.69, 9.17) is 12.2 Å². The summed E-state index contributed by atoms with van der Waals surface area (Å²) in [6.45, 7) is 4.90. The van der Waals surface area contributed by atoms with Crippen LogP contribution in [0, 0.1) is 13.8 Å². The van der Waals surface area contributed by atoms with E-state index in [-0.39, 0.29) is 0 Å². The van der Waals surface area contributed by atoms with Crippen LogP contribution >= 0.6 is 12.2 Å². The molecule has 5 heteroatoms. The highest BCUT2D eigenvalue weighted by atomic mass is 32.1. The van der Waals surface area contributed by atoms with Gasteiger partial charge in [0.1, 0.15) is 0 Å². The lowest BCUT2D eigenvalue weighted by Gasteiger charge is -2.12. The Morgan fingerprint density at radius 3 is 2.58 bits per heavy atom. The number of aromatic nitrogens is 2. The summed E-state index contributed by atoms with van der Waals surface area (Å²) in [7, 11) is 0. The van der Waals surface area contributed by atoms with E-state index in [2.05, 4.69) is 47.8 Å².